The lowest BCUT2D eigenvalue weighted by atomic mass is 10.6. The van der Waals surface area contributed by atoms with E-state index in [2.05, 4.69) is 20.5 Å². The summed E-state index contributed by atoms with van der Waals surface area (Å²) in [6.07, 6.45) is 7.95. The molecule has 78 valence electrons. The molecular formula is C9H11N5S. The molecule has 0 aromatic carbocycles. The van der Waals surface area contributed by atoms with E-state index in [9.17, 15) is 0 Å². The van der Waals surface area contributed by atoms with E-state index in [1.54, 1.807) is 23.9 Å². The average Bonchev–Trinajstić information content (AvgIpc) is 2.78. The number of hydrogen-bond donors (Lipinski definition) is 1. The quantitative estimate of drug-likeness (QED) is 0.836. The summed E-state index contributed by atoms with van der Waals surface area (Å²) in [6, 6.07) is 0.714. The average molecular weight is 221 g/mol. The van der Waals surface area contributed by atoms with Gasteiger partial charge in [0.15, 0.2) is 0 Å². The molecule has 0 saturated heterocycles. The summed E-state index contributed by atoms with van der Waals surface area (Å²) >= 11 is 1.60. The molecule has 0 aliphatic heterocycles. The van der Waals surface area contributed by atoms with Crippen molar-refractivity contribution in [2.45, 2.75) is 25.4 Å². The smallest absolute Gasteiger partial charge is 0.217 e. The highest BCUT2D eigenvalue weighted by Crippen LogP contribution is 2.20. The second-order valence-electron chi connectivity index (χ2n) is 3.60. The standard InChI is InChI=1S/C9H11N5S/c1-2-7(1)11-5-8-12-13-9(15-8)14-4-3-10-6-14/h3-4,6-7,11H,1-2,5H2. The minimum Gasteiger partial charge on any atom is -0.308 e. The van der Waals surface area contributed by atoms with Gasteiger partial charge in [-0.2, -0.15) is 0 Å². The molecule has 0 unspecified atom stereocenters. The minimum absolute atomic E-state index is 0.714. The van der Waals surface area contributed by atoms with Gasteiger partial charge >= 0.3 is 0 Å². The lowest BCUT2D eigenvalue weighted by Gasteiger charge is -1.95. The van der Waals surface area contributed by atoms with Crippen molar-refractivity contribution in [3.05, 3.63) is 23.7 Å². The minimum atomic E-state index is 0.714. The van der Waals surface area contributed by atoms with Gasteiger partial charge in [-0.3, -0.25) is 4.57 Å². The summed E-state index contributed by atoms with van der Waals surface area (Å²) in [4.78, 5) is 3.98. The highest BCUT2D eigenvalue weighted by atomic mass is 32.1. The first kappa shape index (κ1) is 8.99. The van der Waals surface area contributed by atoms with Crippen molar-refractivity contribution < 1.29 is 0 Å². The lowest BCUT2D eigenvalue weighted by molar-refractivity contribution is 0.678. The van der Waals surface area contributed by atoms with Crippen LogP contribution in [0.3, 0.4) is 0 Å². The Labute approximate surface area is 91.2 Å². The van der Waals surface area contributed by atoms with E-state index in [1.165, 1.54) is 12.8 Å². The maximum atomic E-state index is 4.13. The molecular weight excluding hydrogens is 210 g/mol. The van der Waals surface area contributed by atoms with Crippen molar-refractivity contribution in [2.75, 3.05) is 0 Å². The van der Waals surface area contributed by atoms with Crippen molar-refractivity contribution in [1.82, 2.24) is 25.1 Å². The van der Waals surface area contributed by atoms with E-state index in [-0.39, 0.29) is 0 Å². The normalized spacial score (nSPS) is 15.7. The van der Waals surface area contributed by atoms with Crippen molar-refractivity contribution in [3.63, 3.8) is 0 Å². The predicted molar refractivity (Wildman–Crippen MR) is 56.9 cm³/mol. The summed E-state index contributed by atoms with van der Waals surface area (Å²) in [5.74, 6) is 0. The SMILES string of the molecule is c1cn(-c2nnc(CNC3CC3)s2)cn1. The first-order valence-corrected chi connectivity index (χ1v) is 5.77. The van der Waals surface area contributed by atoms with Crippen LogP contribution >= 0.6 is 11.3 Å². The van der Waals surface area contributed by atoms with Gasteiger partial charge in [-0.1, -0.05) is 11.3 Å². The van der Waals surface area contributed by atoms with Crippen molar-refractivity contribution in [1.29, 1.82) is 0 Å². The summed E-state index contributed by atoms with van der Waals surface area (Å²) < 4.78 is 1.87. The van der Waals surface area contributed by atoms with Crippen molar-refractivity contribution in [3.8, 4) is 5.13 Å². The molecule has 1 aliphatic carbocycles. The third-order valence-electron chi connectivity index (χ3n) is 2.30. The van der Waals surface area contributed by atoms with Crippen molar-refractivity contribution >= 4 is 11.3 Å². The fraction of sp³-hybridized carbons (Fsp3) is 0.444. The lowest BCUT2D eigenvalue weighted by Crippen LogP contribution is -2.14. The molecule has 1 fully saturated rings. The molecule has 5 nitrogen and oxygen atoms in total. The van der Waals surface area contributed by atoms with Crippen LogP contribution in [0.4, 0.5) is 0 Å². The van der Waals surface area contributed by atoms with Crippen LogP contribution in [0.2, 0.25) is 0 Å². The van der Waals surface area contributed by atoms with Crippen LogP contribution in [0, 0.1) is 0 Å². The Kier molecular flexibility index (Phi) is 2.22. The summed E-state index contributed by atoms with van der Waals surface area (Å²) in [5, 5.41) is 13.6. The van der Waals surface area contributed by atoms with Crippen LogP contribution in [0.5, 0.6) is 0 Å². The van der Waals surface area contributed by atoms with Crippen LogP contribution < -0.4 is 5.32 Å². The molecule has 15 heavy (non-hydrogen) atoms. The monoisotopic (exact) mass is 221 g/mol. The number of imidazole rings is 1. The van der Waals surface area contributed by atoms with Gasteiger partial charge in [0.1, 0.15) is 11.3 Å². The number of hydrogen-bond acceptors (Lipinski definition) is 5. The maximum absolute atomic E-state index is 4.13. The largest absolute Gasteiger partial charge is 0.308 e. The van der Waals surface area contributed by atoms with Gasteiger partial charge in [0.25, 0.3) is 0 Å². The Balaban J connectivity index is 1.69. The van der Waals surface area contributed by atoms with Crippen LogP contribution in [0.25, 0.3) is 5.13 Å². The molecule has 2 aromatic rings. The Morgan fingerprint density at radius 1 is 1.47 bits per heavy atom. The van der Waals surface area contributed by atoms with E-state index >= 15 is 0 Å². The third-order valence-corrected chi connectivity index (χ3v) is 3.24. The van der Waals surface area contributed by atoms with Gasteiger partial charge in [-0.15, -0.1) is 10.2 Å². The highest BCUT2D eigenvalue weighted by Gasteiger charge is 2.20. The number of rotatable bonds is 4. The number of nitrogens with one attached hydrogen (secondary N) is 1. The molecule has 0 spiro atoms. The van der Waals surface area contributed by atoms with Gasteiger partial charge in [-0.25, -0.2) is 4.98 Å². The molecule has 2 heterocycles. The molecule has 1 N–H and O–H groups in total. The predicted octanol–water partition coefficient (Wildman–Crippen LogP) is 0.976. The first-order valence-electron chi connectivity index (χ1n) is 4.96. The van der Waals surface area contributed by atoms with E-state index in [4.69, 9.17) is 0 Å². The summed E-state index contributed by atoms with van der Waals surface area (Å²) in [7, 11) is 0. The Bertz CT molecular complexity index is 431. The van der Waals surface area contributed by atoms with Gasteiger partial charge in [0, 0.05) is 18.4 Å². The Morgan fingerprint density at radius 3 is 3.13 bits per heavy atom. The maximum Gasteiger partial charge on any atom is 0.217 e. The fourth-order valence-corrected chi connectivity index (χ4v) is 2.05. The van der Waals surface area contributed by atoms with E-state index in [0.29, 0.717) is 6.04 Å². The van der Waals surface area contributed by atoms with Crippen LogP contribution in [0.15, 0.2) is 18.7 Å². The Morgan fingerprint density at radius 2 is 2.40 bits per heavy atom. The zero-order valence-electron chi connectivity index (χ0n) is 8.13. The Hall–Kier alpha value is -1.27. The zero-order chi connectivity index (χ0) is 10.1. The molecule has 1 aliphatic rings. The van der Waals surface area contributed by atoms with E-state index in [1.807, 2.05) is 10.8 Å². The van der Waals surface area contributed by atoms with E-state index in [0.717, 1.165) is 16.7 Å². The molecule has 1 saturated carbocycles. The highest BCUT2D eigenvalue weighted by molar-refractivity contribution is 7.13. The molecule has 3 rings (SSSR count). The molecule has 2 aromatic heterocycles. The molecule has 0 atom stereocenters. The van der Waals surface area contributed by atoms with Crippen LogP contribution in [-0.2, 0) is 6.54 Å². The molecule has 0 amide bonds. The molecule has 0 bridgehead atoms. The van der Waals surface area contributed by atoms with Crippen LogP contribution in [0.1, 0.15) is 17.8 Å². The zero-order valence-corrected chi connectivity index (χ0v) is 8.94. The number of nitrogens with zero attached hydrogens (tertiary/aromatic N) is 4. The van der Waals surface area contributed by atoms with E-state index < -0.39 is 0 Å². The third kappa shape index (κ3) is 2.05. The first-order chi connectivity index (χ1) is 7.42. The number of aromatic nitrogens is 4. The van der Waals surface area contributed by atoms with Gasteiger partial charge in [0.05, 0.1) is 6.54 Å². The summed E-state index contributed by atoms with van der Waals surface area (Å²) in [6.45, 7) is 0.830. The second-order valence-corrected chi connectivity index (χ2v) is 4.64. The van der Waals surface area contributed by atoms with Gasteiger partial charge in [0.2, 0.25) is 5.13 Å². The fourth-order valence-electron chi connectivity index (χ4n) is 1.31. The molecule has 0 radical (unpaired) electrons. The van der Waals surface area contributed by atoms with Gasteiger partial charge in [-0.05, 0) is 12.8 Å². The second kappa shape index (κ2) is 3.71. The molecule has 6 heteroatoms. The van der Waals surface area contributed by atoms with Crippen molar-refractivity contribution in [2.24, 2.45) is 0 Å². The van der Waals surface area contributed by atoms with Gasteiger partial charge < -0.3 is 5.32 Å². The van der Waals surface area contributed by atoms with Crippen LogP contribution in [-0.4, -0.2) is 25.8 Å². The summed E-state index contributed by atoms with van der Waals surface area (Å²) in [5.41, 5.74) is 0. The topological polar surface area (TPSA) is 55.6 Å².